The van der Waals surface area contributed by atoms with Gasteiger partial charge in [-0.25, -0.2) is 0 Å². The molecule has 1 heteroatoms. The minimum absolute atomic E-state index is 0.553. The summed E-state index contributed by atoms with van der Waals surface area (Å²) in [5.41, 5.74) is 6.80. The second kappa shape index (κ2) is 4.63. The van der Waals surface area contributed by atoms with Gasteiger partial charge in [-0.3, -0.25) is 0 Å². The van der Waals surface area contributed by atoms with Crippen LogP contribution in [-0.2, 0) is 0 Å². The fourth-order valence-corrected chi connectivity index (χ4v) is 3.58. The largest absolute Gasteiger partial charge is 0.313 e. The van der Waals surface area contributed by atoms with E-state index >= 15 is 0 Å². The van der Waals surface area contributed by atoms with Crippen LogP contribution in [0.25, 0.3) is 22.7 Å². The molecule has 0 radical (unpaired) electrons. The van der Waals surface area contributed by atoms with Gasteiger partial charge in [0, 0.05) is 28.2 Å². The normalized spacial score (nSPS) is 17.1. The highest BCUT2D eigenvalue weighted by molar-refractivity contribution is 5.95. The van der Waals surface area contributed by atoms with Crippen LogP contribution >= 0.6 is 0 Å². The van der Waals surface area contributed by atoms with E-state index in [-0.39, 0.29) is 0 Å². The first kappa shape index (κ1) is 12.5. The first-order chi connectivity index (χ1) is 10.3. The molecule has 1 heterocycles. The maximum atomic E-state index is 2.45. The zero-order valence-electron chi connectivity index (χ0n) is 12.5. The second-order valence-electron chi connectivity index (χ2n) is 5.98. The molecule has 0 fully saturated rings. The smallest absolute Gasteiger partial charge is 0.0540 e. The molecule has 3 aromatic rings. The SMILES string of the molecule is Cc1cccc2c1c1c(n2-c2ccccc2)C(C)CC=C1. The summed E-state index contributed by atoms with van der Waals surface area (Å²) in [6.45, 7) is 4.54. The molecule has 0 N–H and O–H groups in total. The number of aryl methyl sites for hydroxylation is 1. The third-order valence-electron chi connectivity index (χ3n) is 4.53. The van der Waals surface area contributed by atoms with E-state index in [1.807, 2.05) is 0 Å². The Bertz CT molecular complexity index is 837. The fraction of sp³-hybridized carbons (Fsp3) is 0.200. The molecular weight excluding hydrogens is 254 g/mol. The lowest BCUT2D eigenvalue weighted by Crippen LogP contribution is -2.06. The molecule has 1 aliphatic carbocycles. The lowest BCUT2D eigenvalue weighted by atomic mass is 9.92. The van der Waals surface area contributed by atoms with Crippen LogP contribution in [0.1, 0.15) is 36.1 Å². The van der Waals surface area contributed by atoms with Crippen LogP contribution in [0.3, 0.4) is 0 Å². The molecule has 0 aliphatic heterocycles. The Hall–Kier alpha value is -2.28. The van der Waals surface area contributed by atoms with Crippen LogP contribution < -0.4 is 0 Å². The van der Waals surface area contributed by atoms with Gasteiger partial charge in [-0.15, -0.1) is 0 Å². The Labute approximate surface area is 125 Å². The van der Waals surface area contributed by atoms with Gasteiger partial charge in [0.05, 0.1) is 5.52 Å². The maximum absolute atomic E-state index is 2.45. The highest BCUT2D eigenvalue weighted by Crippen LogP contribution is 2.40. The lowest BCUT2D eigenvalue weighted by molar-refractivity contribution is 0.723. The summed E-state index contributed by atoms with van der Waals surface area (Å²) in [6.07, 6.45) is 5.74. The van der Waals surface area contributed by atoms with Crippen molar-refractivity contribution < 1.29 is 0 Å². The summed E-state index contributed by atoms with van der Waals surface area (Å²) in [7, 11) is 0. The van der Waals surface area contributed by atoms with Crippen molar-refractivity contribution >= 4 is 17.0 Å². The summed E-state index contributed by atoms with van der Waals surface area (Å²) >= 11 is 0. The van der Waals surface area contributed by atoms with E-state index in [4.69, 9.17) is 0 Å². The molecule has 4 rings (SSSR count). The van der Waals surface area contributed by atoms with Crippen molar-refractivity contribution in [2.45, 2.75) is 26.2 Å². The van der Waals surface area contributed by atoms with Crippen LogP contribution in [0.5, 0.6) is 0 Å². The molecule has 1 aromatic heterocycles. The van der Waals surface area contributed by atoms with E-state index in [0.717, 1.165) is 6.42 Å². The number of hydrogen-bond donors (Lipinski definition) is 0. The number of hydrogen-bond acceptors (Lipinski definition) is 0. The van der Waals surface area contributed by atoms with Crippen LogP contribution in [-0.4, -0.2) is 4.57 Å². The monoisotopic (exact) mass is 273 g/mol. The van der Waals surface area contributed by atoms with Gasteiger partial charge in [-0.1, -0.05) is 49.4 Å². The van der Waals surface area contributed by atoms with Crippen LogP contribution in [0.4, 0.5) is 0 Å². The molecule has 1 atom stereocenters. The number of allylic oxidation sites excluding steroid dienone is 1. The quantitative estimate of drug-likeness (QED) is 0.555. The number of para-hydroxylation sites is 1. The number of nitrogens with zero attached hydrogens (tertiary/aromatic N) is 1. The molecule has 0 spiro atoms. The molecule has 1 nitrogen and oxygen atoms in total. The van der Waals surface area contributed by atoms with E-state index in [9.17, 15) is 0 Å². The zero-order chi connectivity index (χ0) is 14.4. The molecular formula is C20H19N. The fourth-order valence-electron chi connectivity index (χ4n) is 3.58. The molecule has 0 saturated carbocycles. The minimum atomic E-state index is 0.553. The minimum Gasteiger partial charge on any atom is -0.313 e. The van der Waals surface area contributed by atoms with Gasteiger partial charge in [-0.05, 0) is 37.1 Å². The van der Waals surface area contributed by atoms with Crippen molar-refractivity contribution in [1.29, 1.82) is 0 Å². The molecule has 1 unspecified atom stereocenters. The van der Waals surface area contributed by atoms with Crippen LogP contribution in [0.15, 0.2) is 54.6 Å². The van der Waals surface area contributed by atoms with E-state index in [1.165, 1.54) is 33.4 Å². The first-order valence-electron chi connectivity index (χ1n) is 7.63. The molecule has 1 aliphatic rings. The van der Waals surface area contributed by atoms with Crippen molar-refractivity contribution in [2.24, 2.45) is 0 Å². The Morgan fingerprint density at radius 2 is 1.81 bits per heavy atom. The molecule has 0 saturated heterocycles. The number of fused-ring (bicyclic) bond motifs is 3. The number of aromatic nitrogens is 1. The van der Waals surface area contributed by atoms with E-state index in [2.05, 4.69) is 79.1 Å². The summed E-state index contributed by atoms with van der Waals surface area (Å²) < 4.78 is 2.45. The van der Waals surface area contributed by atoms with Crippen molar-refractivity contribution in [2.75, 3.05) is 0 Å². The van der Waals surface area contributed by atoms with E-state index in [0.29, 0.717) is 5.92 Å². The number of rotatable bonds is 1. The zero-order valence-corrected chi connectivity index (χ0v) is 12.5. The third kappa shape index (κ3) is 1.77. The second-order valence-corrected chi connectivity index (χ2v) is 5.98. The molecule has 2 aromatic carbocycles. The van der Waals surface area contributed by atoms with Gasteiger partial charge in [0.1, 0.15) is 0 Å². The Morgan fingerprint density at radius 1 is 1.00 bits per heavy atom. The van der Waals surface area contributed by atoms with Gasteiger partial charge in [0.2, 0.25) is 0 Å². The standard InChI is InChI=1S/C20H19N/c1-14-8-7-13-18-19(14)17-12-6-9-15(2)20(17)21(18)16-10-4-3-5-11-16/h3-8,10-13,15H,9H2,1-2H3. The lowest BCUT2D eigenvalue weighted by Gasteiger charge is -2.19. The molecule has 21 heavy (non-hydrogen) atoms. The van der Waals surface area contributed by atoms with Gasteiger partial charge < -0.3 is 4.57 Å². The molecule has 0 bridgehead atoms. The Morgan fingerprint density at radius 3 is 2.62 bits per heavy atom. The summed E-state index contributed by atoms with van der Waals surface area (Å²) in [5.74, 6) is 0.553. The first-order valence-corrected chi connectivity index (χ1v) is 7.63. The van der Waals surface area contributed by atoms with Crippen LogP contribution in [0.2, 0.25) is 0 Å². The highest BCUT2D eigenvalue weighted by atomic mass is 15.0. The van der Waals surface area contributed by atoms with E-state index < -0.39 is 0 Å². The van der Waals surface area contributed by atoms with Crippen LogP contribution in [0, 0.1) is 6.92 Å². The third-order valence-corrected chi connectivity index (χ3v) is 4.53. The maximum Gasteiger partial charge on any atom is 0.0540 e. The highest BCUT2D eigenvalue weighted by Gasteiger charge is 2.23. The van der Waals surface area contributed by atoms with Crippen molar-refractivity contribution in [3.63, 3.8) is 0 Å². The predicted octanol–water partition coefficient (Wildman–Crippen LogP) is 5.46. The van der Waals surface area contributed by atoms with Gasteiger partial charge in [0.15, 0.2) is 0 Å². The van der Waals surface area contributed by atoms with Crippen molar-refractivity contribution in [3.8, 4) is 5.69 Å². The Balaban J connectivity index is 2.18. The van der Waals surface area contributed by atoms with Gasteiger partial charge in [0.25, 0.3) is 0 Å². The average molecular weight is 273 g/mol. The molecule has 0 amide bonds. The van der Waals surface area contributed by atoms with Crippen molar-refractivity contribution in [3.05, 3.63) is 71.4 Å². The van der Waals surface area contributed by atoms with Gasteiger partial charge >= 0.3 is 0 Å². The van der Waals surface area contributed by atoms with Crippen molar-refractivity contribution in [1.82, 2.24) is 4.57 Å². The van der Waals surface area contributed by atoms with Gasteiger partial charge in [-0.2, -0.15) is 0 Å². The predicted molar refractivity (Wildman–Crippen MR) is 90.1 cm³/mol. The summed E-state index contributed by atoms with van der Waals surface area (Å²) in [4.78, 5) is 0. The van der Waals surface area contributed by atoms with E-state index in [1.54, 1.807) is 0 Å². The molecule has 104 valence electrons. The number of benzene rings is 2. The Kier molecular flexibility index (Phi) is 2.75. The topological polar surface area (TPSA) is 4.93 Å². The summed E-state index contributed by atoms with van der Waals surface area (Å²) in [6, 6.07) is 17.3. The summed E-state index contributed by atoms with van der Waals surface area (Å²) in [5, 5.41) is 1.40. The average Bonchev–Trinajstić information content (AvgIpc) is 2.85.